The van der Waals surface area contributed by atoms with E-state index in [4.69, 9.17) is 9.47 Å². The number of hydrogen-bond donors (Lipinski definition) is 0. The number of aromatic nitrogens is 1. The predicted molar refractivity (Wildman–Crippen MR) is 150 cm³/mol. The summed E-state index contributed by atoms with van der Waals surface area (Å²) in [5.41, 5.74) is 3.14. The minimum atomic E-state index is -0.941. The van der Waals surface area contributed by atoms with E-state index in [1.54, 1.807) is 10.9 Å². The highest BCUT2D eigenvalue weighted by Crippen LogP contribution is 2.39. The van der Waals surface area contributed by atoms with Gasteiger partial charge in [0.25, 0.3) is 5.91 Å². The predicted octanol–water partition coefficient (Wildman–Crippen LogP) is 4.70. The molecule has 40 heavy (non-hydrogen) atoms. The maximum absolute atomic E-state index is 14.0. The molecule has 0 saturated carbocycles. The van der Waals surface area contributed by atoms with Crippen LogP contribution >= 0.6 is 11.8 Å². The number of hydrogen-bond acceptors (Lipinski definition) is 8. The number of piperidine rings is 1. The van der Waals surface area contributed by atoms with Crippen molar-refractivity contribution in [2.24, 2.45) is 0 Å². The van der Waals surface area contributed by atoms with Crippen molar-refractivity contribution in [2.45, 2.75) is 49.2 Å². The fourth-order valence-electron chi connectivity index (χ4n) is 5.89. The van der Waals surface area contributed by atoms with Crippen LogP contribution in [0.5, 0.6) is 5.75 Å². The van der Waals surface area contributed by atoms with Crippen LogP contribution in [0.4, 0.5) is 4.79 Å². The molecule has 6 rings (SSSR count). The lowest BCUT2D eigenvalue weighted by molar-refractivity contribution is 0.0126. The fourth-order valence-corrected chi connectivity index (χ4v) is 6.81. The van der Waals surface area contributed by atoms with Crippen LogP contribution in [0.1, 0.15) is 58.9 Å². The number of nitrogens with zero attached hydrogens (tertiary/aromatic N) is 3. The van der Waals surface area contributed by atoms with Gasteiger partial charge in [-0.3, -0.25) is 19.3 Å². The molecule has 4 bridgehead atoms. The van der Waals surface area contributed by atoms with Crippen LogP contribution in [0.25, 0.3) is 0 Å². The van der Waals surface area contributed by atoms with Crippen molar-refractivity contribution >= 4 is 23.8 Å². The average molecular weight is 562 g/mol. The summed E-state index contributed by atoms with van der Waals surface area (Å²) in [6.45, 7) is 0.0181. The van der Waals surface area contributed by atoms with Crippen molar-refractivity contribution in [1.29, 1.82) is 0 Å². The molecule has 10 heteroatoms. The van der Waals surface area contributed by atoms with Gasteiger partial charge in [-0.25, -0.2) is 4.79 Å². The van der Waals surface area contributed by atoms with Gasteiger partial charge in [-0.2, -0.15) is 0 Å². The summed E-state index contributed by atoms with van der Waals surface area (Å²) in [6.07, 6.45) is 5.22. The average Bonchev–Trinajstić information content (AvgIpc) is 2.99. The highest BCUT2D eigenvalue weighted by molar-refractivity contribution is 7.99. The lowest BCUT2D eigenvalue weighted by Gasteiger charge is -2.51. The molecule has 3 aliphatic rings. The van der Waals surface area contributed by atoms with Crippen molar-refractivity contribution in [3.8, 4) is 5.75 Å². The molecule has 1 saturated heterocycles. The van der Waals surface area contributed by atoms with Crippen molar-refractivity contribution in [1.82, 2.24) is 9.58 Å². The number of fused-ring (bicyclic) bond motifs is 6. The van der Waals surface area contributed by atoms with Gasteiger partial charge in [-0.05, 0) is 66.7 Å². The number of benzene rings is 2. The Labute approximate surface area is 236 Å². The smallest absolute Gasteiger partial charge is 0.451 e. The summed E-state index contributed by atoms with van der Waals surface area (Å²) in [5.74, 6) is 0.604. The van der Waals surface area contributed by atoms with Gasteiger partial charge in [0.05, 0.1) is 13.2 Å². The molecule has 2 atom stereocenters. The van der Waals surface area contributed by atoms with E-state index in [1.807, 2.05) is 16.7 Å². The van der Waals surface area contributed by atoms with Crippen molar-refractivity contribution < 1.29 is 23.8 Å². The standard InChI is InChI=1S/C30H31N3O6S/c1-37-30(36)39-19-38-28-24(34)13-15-32-27(28)29(35)31-14-3-2-12-25(31)33(32)26-21-9-4-7-20(17-21)8-6-16-40-23-11-5-10-22(26)18-23/h4-5,7,9-11,13,15,17-18,25-26H,2-3,6,8,12,14,16,19H2,1H3/t25-,26+/m1/s1. The van der Waals surface area contributed by atoms with E-state index in [0.717, 1.165) is 49.0 Å². The first-order valence-electron chi connectivity index (χ1n) is 13.6. The van der Waals surface area contributed by atoms with Crippen LogP contribution in [-0.2, 0) is 15.9 Å². The number of aryl methyl sites for hydroxylation is 1. The Bertz CT molecular complexity index is 1440. The van der Waals surface area contributed by atoms with Crippen LogP contribution in [-0.4, -0.2) is 54.0 Å². The van der Waals surface area contributed by atoms with E-state index in [9.17, 15) is 14.4 Å². The molecule has 0 unspecified atom stereocenters. The van der Waals surface area contributed by atoms with Gasteiger partial charge in [0.1, 0.15) is 6.17 Å². The van der Waals surface area contributed by atoms with Crippen LogP contribution < -0.4 is 15.2 Å². The van der Waals surface area contributed by atoms with Gasteiger partial charge in [-0.15, -0.1) is 11.8 Å². The van der Waals surface area contributed by atoms with Gasteiger partial charge >= 0.3 is 6.16 Å². The zero-order chi connectivity index (χ0) is 27.6. The Kier molecular flexibility index (Phi) is 7.42. The van der Waals surface area contributed by atoms with Gasteiger partial charge in [0.2, 0.25) is 18.0 Å². The molecule has 1 fully saturated rings. The molecule has 1 aromatic heterocycles. The number of thioether (sulfide) groups is 1. The molecule has 3 aliphatic heterocycles. The van der Waals surface area contributed by atoms with E-state index in [2.05, 4.69) is 58.3 Å². The second-order valence-corrected chi connectivity index (χ2v) is 11.3. The number of carbonyl (C=O) groups is 2. The number of rotatable bonds is 4. The SMILES string of the molecule is COC(=O)OCOc1c2n(ccc1=O)N([C@H]1c3cccc(c3)CCCSc3cccc1c3)[C@@H]1CCCCN1C2=O. The lowest BCUT2D eigenvalue weighted by Crippen LogP contribution is -2.63. The Morgan fingerprint density at radius 3 is 2.70 bits per heavy atom. The summed E-state index contributed by atoms with van der Waals surface area (Å²) < 4.78 is 16.8. The maximum atomic E-state index is 14.0. The Hall–Kier alpha value is -3.92. The Balaban J connectivity index is 1.54. The molecule has 4 heterocycles. The molecule has 0 aliphatic carbocycles. The molecule has 208 valence electrons. The van der Waals surface area contributed by atoms with E-state index >= 15 is 0 Å². The van der Waals surface area contributed by atoms with Gasteiger partial charge in [0, 0.05) is 23.7 Å². The third kappa shape index (κ3) is 4.92. The van der Waals surface area contributed by atoms with Crippen LogP contribution in [0, 0.1) is 0 Å². The second-order valence-electron chi connectivity index (χ2n) is 10.1. The van der Waals surface area contributed by atoms with Crippen molar-refractivity contribution in [3.05, 3.63) is 93.4 Å². The molecule has 2 aromatic carbocycles. The monoisotopic (exact) mass is 561 g/mol. The topological polar surface area (TPSA) is 90.3 Å². The molecule has 0 radical (unpaired) electrons. The van der Waals surface area contributed by atoms with Crippen molar-refractivity contribution in [3.63, 3.8) is 0 Å². The number of ether oxygens (including phenoxy) is 3. The molecule has 9 nitrogen and oxygen atoms in total. The highest BCUT2D eigenvalue weighted by Gasteiger charge is 2.44. The van der Waals surface area contributed by atoms with E-state index < -0.39 is 18.4 Å². The number of amides is 1. The fraction of sp³-hybridized carbons (Fsp3) is 0.367. The van der Waals surface area contributed by atoms with Gasteiger partial charge < -0.3 is 19.1 Å². The third-order valence-electron chi connectivity index (χ3n) is 7.65. The first-order chi connectivity index (χ1) is 19.5. The van der Waals surface area contributed by atoms with E-state index in [1.165, 1.54) is 23.6 Å². The van der Waals surface area contributed by atoms with Crippen LogP contribution in [0.15, 0.2) is 70.5 Å². The van der Waals surface area contributed by atoms with Crippen molar-refractivity contribution in [2.75, 3.05) is 31.2 Å². The molecule has 1 amide bonds. The molecular formula is C30H31N3O6S. The second kappa shape index (κ2) is 11.3. The van der Waals surface area contributed by atoms with Crippen LogP contribution in [0.2, 0.25) is 0 Å². The lowest BCUT2D eigenvalue weighted by atomic mass is 9.93. The largest absolute Gasteiger partial charge is 0.510 e. The number of carbonyl (C=O) groups excluding carboxylic acids is 2. The Morgan fingerprint density at radius 1 is 1.02 bits per heavy atom. The van der Waals surface area contributed by atoms with E-state index in [-0.39, 0.29) is 29.6 Å². The molecule has 3 aromatic rings. The zero-order valence-corrected chi connectivity index (χ0v) is 23.1. The summed E-state index contributed by atoms with van der Waals surface area (Å²) >= 11 is 1.85. The van der Waals surface area contributed by atoms with Gasteiger partial charge in [0.15, 0.2) is 5.69 Å². The molecular weight excluding hydrogens is 530 g/mol. The summed E-state index contributed by atoms with van der Waals surface area (Å²) in [4.78, 5) is 41.5. The highest BCUT2D eigenvalue weighted by atomic mass is 32.2. The minimum absolute atomic E-state index is 0.120. The maximum Gasteiger partial charge on any atom is 0.510 e. The quantitative estimate of drug-likeness (QED) is 0.335. The summed E-state index contributed by atoms with van der Waals surface area (Å²) in [5, 5.41) is 2.21. The van der Waals surface area contributed by atoms with Crippen LogP contribution in [0.3, 0.4) is 0 Å². The van der Waals surface area contributed by atoms with Gasteiger partial charge in [-0.1, -0.05) is 36.4 Å². The minimum Gasteiger partial charge on any atom is -0.451 e. The summed E-state index contributed by atoms with van der Waals surface area (Å²) in [7, 11) is 1.18. The third-order valence-corrected chi connectivity index (χ3v) is 8.73. The first kappa shape index (κ1) is 26.3. The molecule has 0 spiro atoms. The number of pyridine rings is 1. The normalized spacial score (nSPS) is 20.1. The Morgan fingerprint density at radius 2 is 1.85 bits per heavy atom. The summed E-state index contributed by atoms with van der Waals surface area (Å²) in [6, 6.07) is 18.4. The zero-order valence-electron chi connectivity index (χ0n) is 22.3. The molecule has 0 N–H and O–H groups in total. The number of methoxy groups -OCH3 is 1. The first-order valence-corrected chi connectivity index (χ1v) is 14.5. The van der Waals surface area contributed by atoms with E-state index in [0.29, 0.717) is 6.54 Å².